The van der Waals surface area contributed by atoms with Crippen molar-refractivity contribution < 1.29 is 14.4 Å². The number of thiophene rings is 1. The monoisotopic (exact) mass is 525 g/mol. The van der Waals surface area contributed by atoms with E-state index in [2.05, 4.69) is 37.5 Å². The molecule has 0 unspecified atom stereocenters. The number of anilines is 3. The third-order valence-electron chi connectivity index (χ3n) is 6.73. The number of amides is 4. The van der Waals surface area contributed by atoms with Gasteiger partial charge >= 0.3 is 6.03 Å². The number of nitrogens with zero attached hydrogens (tertiary/aromatic N) is 4. The van der Waals surface area contributed by atoms with Gasteiger partial charge in [0.25, 0.3) is 5.91 Å². The van der Waals surface area contributed by atoms with Crippen molar-refractivity contribution in [1.29, 1.82) is 0 Å². The largest absolute Gasteiger partial charge is 0.348 e. The molecule has 5 heterocycles. The van der Waals surface area contributed by atoms with E-state index in [0.717, 1.165) is 19.3 Å². The highest BCUT2D eigenvalue weighted by Gasteiger charge is 2.35. The zero-order valence-corrected chi connectivity index (χ0v) is 21.0. The van der Waals surface area contributed by atoms with Gasteiger partial charge in [0.2, 0.25) is 5.91 Å². The molecule has 10 nitrogen and oxygen atoms in total. The zero-order chi connectivity index (χ0) is 26.2. The molecule has 1 aliphatic heterocycles. The number of hydrogen-bond acceptors (Lipinski definition) is 7. The Morgan fingerprint density at radius 1 is 1.03 bits per heavy atom. The van der Waals surface area contributed by atoms with E-state index in [0.29, 0.717) is 43.5 Å². The summed E-state index contributed by atoms with van der Waals surface area (Å²) < 4.78 is 0. The Labute approximate surface area is 221 Å². The van der Waals surface area contributed by atoms with Crippen LogP contribution in [-0.2, 0) is 4.79 Å². The topological polar surface area (TPSA) is 129 Å². The normalized spacial score (nSPS) is 18.2. The first kappa shape index (κ1) is 23.7. The van der Waals surface area contributed by atoms with Crippen molar-refractivity contribution in [3.63, 3.8) is 0 Å². The average molecular weight is 526 g/mol. The second kappa shape index (κ2) is 9.67. The van der Waals surface area contributed by atoms with Crippen molar-refractivity contribution >= 4 is 56.5 Å². The highest BCUT2D eigenvalue weighted by atomic mass is 32.1. The van der Waals surface area contributed by atoms with Gasteiger partial charge in [0.1, 0.15) is 9.71 Å². The minimum Gasteiger partial charge on any atom is -0.348 e. The molecule has 2 atom stereocenters. The van der Waals surface area contributed by atoms with Gasteiger partial charge in [0.15, 0.2) is 0 Å². The van der Waals surface area contributed by atoms with Crippen LogP contribution in [0.15, 0.2) is 67.6 Å². The van der Waals surface area contributed by atoms with E-state index < -0.39 is 6.03 Å². The number of pyridine rings is 3. The number of hydrogen-bond donors (Lipinski definition) is 3. The number of urea groups is 1. The maximum Gasteiger partial charge on any atom is 0.331 e. The Hall–Kier alpha value is -4.64. The fourth-order valence-electron chi connectivity index (χ4n) is 4.99. The van der Waals surface area contributed by atoms with E-state index in [-0.39, 0.29) is 23.9 Å². The van der Waals surface area contributed by atoms with Crippen LogP contribution in [0.3, 0.4) is 0 Å². The van der Waals surface area contributed by atoms with Gasteiger partial charge < -0.3 is 16.0 Å². The van der Waals surface area contributed by atoms with Gasteiger partial charge in [0, 0.05) is 30.7 Å². The van der Waals surface area contributed by atoms with Crippen LogP contribution in [-0.4, -0.2) is 44.9 Å². The predicted octanol–water partition coefficient (Wildman–Crippen LogP) is 4.39. The van der Waals surface area contributed by atoms with Gasteiger partial charge in [-0.1, -0.05) is 12.6 Å². The molecule has 11 heteroatoms. The summed E-state index contributed by atoms with van der Waals surface area (Å²) in [6.07, 6.45) is 8.58. The molecule has 2 aliphatic rings. The lowest BCUT2D eigenvalue weighted by atomic mass is 10.1. The second-order valence-corrected chi connectivity index (χ2v) is 10.0. The molecule has 0 bridgehead atoms. The van der Waals surface area contributed by atoms with Crippen molar-refractivity contribution in [2.75, 3.05) is 10.2 Å². The Morgan fingerprint density at radius 3 is 2.61 bits per heavy atom. The van der Waals surface area contributed by atoms with Crippen LogP contribution in [0.25, 0.3) is 21.6 Å². The summed E-state index contributed by atoms with van der Waals surface area (Å²) in [4.78, 5) is 54.5. The van der Waals surface area contributed by atoms with E-state index in [1.54, 1.807) is 41.7 Å². The van der Waals surface area contributed by atoms with Gasteiger partial charge in [0.05, 0.1) is 33.8 Å². The smallest absolute Gasteiger partial charge is 0.331 e. The molecule has 0 aromatic carbocycles. The summed E-state index contributed by atoms with van der Waals surface area (Å²) in [5.74, 6) is -0.578. The van der Waals surface area contributed by atoms with Crippen molar-refractivity contribution in [1.82, 2.24) is 25.6 Å². The van der Waals surface area contributed by atoms with E-state index in [4.69, 9.17) is 0 Å². The molecule has 4 aromatic heterocycles. The fourth-order valence-corrected chi connectivity index (χ4v) is 6.02. The van der Waals surface area contributed by atoms with Crippen LogP contribution in [0.5, 0.6) is 0 Å². The maximum absolute atomic E-state index is 13.4. The number of rotatable bonds is 6. The average Bonchev–Trinajstić information content (AvgIpc) is 3.54. The summed E-state index contributed by atoms with van der Waals surface area (Å²) in [6, 6.07) is 10.1. The van der Waals surface area contributed by atoms with Gasteiger partial charge in [-0.25, -0.2) is 9.78 Å². The molecule has 38 heavy (non-hydrogen) atoms. The van der Waals surface area contributed by atoms with Gasteiger partial charge in [-0.2, -0.15) is 0 Å². The second-order valence-electron chi connectivity index (χ2n) is 9.03. The summed E-state index contributed by atoms with van der Waals surface area (Å²) >= 11 is 1.22. The lowest BCUT2D eigenvalue weighted by Gasteiger charge is -2.28. The Morgan fingerprint density at radius 2 is 1.82 bits per heavy atom. The molecule has 6 rings (SSSR count). The first-order chi connectivity index (χ1) is 18.5. The molecule has 0 spiro atoms. The molecule has 190 valence electrons. The third-order valence-corrected chi connectivity index (χ3v) is 7.82. The molecular weight excluding hydrogens is 502 g/mol. The van der Waals surface area contributed by atoms with Gasteiger partial charge in [-0.3, -0.25) is 24.5 Å². The van der Waals surface area contributed by atoms with Crippen molar-refractivity contribution in [2.24, 2.45) is 0 Å². The first-order valence-corrected chi connectivity index (χ1v) is 13.0. The zero-order valence-electron chi connectivity index (χ0n) is 20.2. The Kier molecular flexibility index (Phi) is 6.04. The summed E-state index contributed by atoms with van der Waals surface area (Å²) in [7, 11) is 0. The Balaban J connectivity index is 1.34. The number of aromatic nitrogens is 3. The highest BCUT2D eigenvalue weighted by Crippen LogP contribution is 2.46. The van der Waals surface area contributed by atoms with E-state index in [9.17, 15) is 14.4 Å². The molecule has 1 fully saturated rings. The molecule has 0 radical (unpaired) electrons. The summed E-state index contributed by atoms with van der Waals surface area (Å²) in [5.41, 5.74) is 3.00. The third kappa shape index (κ3) is 4.16. The van der Waals surface area contributed by atoms with Crippen LogP contribution >= 0.6 is 11.3 Å². The predicted molar refractivity (Wildman–Crippen MR) is 145 cm³/mol. The number of carbonyl (C=O) groups is 3. The summed E-state index contributed by atoms with van der Waals surface area (Å²) in [5, 5.41) is 9.56. The SMILES string of the molecule is C=CC(=O)N[C@H]1CCC[C@H]1NC(=O)c1sc2nccc3c2c1NC(=O)N3c1ccnc(-c2ccccn2)c1. The van der Waals surface area contributed by atoms with Crippen molar-refractivity contribution in [3.05, 3.63) is 72.5 Å². The molecule has 0 saturated heterocycles. The maximum atomic E-state index is 13.4. The Bertz CT molecular complexity index is 1590. The highest BCUT2D eigenvalue weighted by molar-refractivity contribution is 7.21. The minimum absolute atomic E-state index is 0.172. The van der Waals surface area contributed by atoms with Crippen LogP contribution in [0.4, 0.5) is 21.9 Å². The van der Waals surface area contributed by atoms with Crippen LogP contribution in [0.1, 0.15) is 28.9 Å². The minimum atomic E-state index is -0.396. The van der Waals surface area contributed by atoms with Crippen molar-refractivity contribution in [2.45, 2.75) is 31.3 Å². The standard InChI is InChI=1S/C27H23N7O3S/c1-2-21(35)31-17-7-5-8-18(17)32-25(36)24-23-22-20(10-13-30-26(22)38-24)34(27(37)33-23)15-9-12-29-19(14-15)16-6-3-4-11-28-16/h2-4,6,9-14,17-18H,1,5,7-8H2,(H,31,35)(H,32,36)(H,33,37)/t17-,18+/m0/s1. The van der Waals surface area contributed by atoms with Gasteiger partial charge in [-0.05, 0) is 55.7 Å². The quantitative estimate of drug-likeness (QED) is 0.320. The summed E-state index contributed by atoms with van der Waals surface area (Å²) in [6.45, 7) is 3.50. The van der Waals surface area contributed by atoms with E-state index in [1.807, 2.05) is 18.2 Å². The fraction of sp³-hybridized carbons (Fsp3) is 0.185. The lowest BCUT2D eigenvalue weighted by Crippen LogP contribution is -2.48. The van der Waals surface area contributed by atoms with Crippen LogP contribution in [0, 0.1) is 0 Å². The number of carbonyl (C=O) groups excluding carboxylic acids is 3. The van der Waals surface area contributed by atoms with Gasteiger partial charge in [-0.15, -0.1) is 11.3 Å². The molecule has 1 saturated carbocycles. The molecule has 1 aliphatic carbocycles. The molecule has 4 aromatic rings. The lowest BCUT2D eigenvalue weighted by molar-refractivity contribution is -0.117. The van der Waals surface area contributed by atoms with E-state index in [1.165, 1.54) is 17.4 Å². The molecule has 4 amide bonds. The molecule has 3 N–H and O–H groups in total. The first-order valence-electron chi connectivity index (χ1n) is 12.2. The van der Waals surface area contributed by atoms with E-state index >= 15 is 0 Å². The number of nitrogens with one attached hydrogen (secondary N) is 3. The van der Waals surface area contributed by atoms with Crippen LogP contribution < -0.4 is 20.9 Å². The molecular formula is C27H23N7O3S. The van der Waals surface area contributed by atoms with Crippen molar-refractivity contribution in [3.8, 4) is 11.4 Å². The van der Waals surface area contributed by atoms with Crippen LogP contribution in [0.2, 0.25) is 0 Å².